The van der Waals surface area contributed by atoms with Crippen LogP contribution in [0.2, 0.25) is 0 Å². The number of para-hydroxylation sites is 1. The summed E-state index contributed by atoms with van der Waals surface area (Å²) in [5, 5.41) is 12.3. The largest absolute Gasteiger partial charge is 0.478 e. The fraction of sp³-hybridized carbons (Fsp3) is 0.200. The van der Waals surface area contributed by atoms with E-state index in [4.69, 9.17) is 5.11 Å². The molecule has 1 aromatic heterocycles. The van der Waals surface area contributed by atoms with Gasteiger partial charge in [0.25, 0.3) is 0 Å². The number of nitrogens with zero attached hydrogens (tertiary/aromatic N) is 1. The number of aromatic carboxylic acids is 1. The highest BCUT2D eigenvalue weighted by Gasteiger charge is 2.12. The summed E-state index contributed by atoms with van der Waals surface area (Å²) in [6, 6.07) is 9.17. The van der Waals surface area contributed by atoms with Crippen molar-refractivity contribution in [1.82, 2.24) is 4.98 Å². The van der Waals surface area contributed by atoms with Crippen LogP contribution in [0.4, 0.5) is 11.5 Å². The molecule has 2 rings (SSSR count). The molecular formula is C15H16N2O2. The van der Waals surface area contributed by atoms with Crippen LogP contribution in [0.3, 0.4) is 0 Å². The highest BCUT2D eigenvalue weighted by atomic mass is 16.4. The van der Waals surface area contributed by atoms with E-state index in [2.05, 4.69) is 17.2 Å². The molecule has 4 nitrogen and oxygen atoms in total. The van der Waals surface area contributed by atoms with Crippen LogP contribution >= 0.6 is 0 Å². The van der Waals surface area contributed by atoms with Crippen LogP contribution in [0, 0.1) is 6.92 Å². The van der Waals surface area contributed by atoms with Crippen LogP contribution in [0.5, 0.6) is 0 Å². The maximum atomic E-state index is 11.2. The van der Waals surface area contributed by atoms with Crippen LogP contribution < -0.4 is 5.32 Å². The number of carboxylic acids is 1. The number of pyridine rings is 1. The van der Waals surface area contributed by atoms with Crippen LogP contribution in [-0.2, 0) is 6.42 Å². The summed E-state index contributed by atoms with van der Waals surface area (Å²) in [5.74, 6) is -0.610. The van der Waals surface area contributed by atoms with Crippen molar-refractivity contribution >= 4 is 17.5 Å². The third kappa shape index (κ3) is 2.73. The van der Waals surface area contributed by atoms with Gasteiger partial charge in [-0.25, -0.2) is 9.78 Å². The van der Waals surface area contributed by atoms with Crippen molar-refractivity contribution in [1.29, 1.82) is 0 Å². The molecule has 2 aromatic rings. The van der Waals surface area contributed by atoms with Gasteiger partial charge in [0.1, 0.15) is 11.4 Å². The van der Waals surface area contributed by atoms with Gasteiger partial charge in [-0.2, -0.15) is 0 Å². The number of aromatic nitrogens is 1. The topological polar surface area (TPSA) is 62.2 Å². The van der Waals surface area contributed by atoms with Gasteiger partial charge in [0.15, 0.2) is 0 Å². The first-order valence-electron chi connectivity index (χ1n) is 6.17. The second-order valence-corrected chi connectivity index (χ2v) is 4.29. The summed E-state index contributed by atoms with van der Waals surface area (Å²) in [5.41, 5.74) is 3.32. The number of benzene rings is 1. The van der Waals surface area contributed by atoms with Crippen LogP contribution in [0.1, 0.15) is 28.4 Å². The number of nitrogens with one attached hydrogen (secondary N) is 1. The van der Waals surface area contributed by atoms with Crippen molar-refractivity contribution in [3.8, 4) is 0 Å². The molecule has 0 aliphatic heterocycles. The number of hydrogen-bond acceptors (Lipinski definition) is 3. The number of carbonyl (C=O) groups is 1. The molecule has 0 bridgehead atoms. The summed E-state index contributed by atoms with van der Waals surface area (Å²) in [6.07, 6.45) is 2.46. The van der Waals surface area contributed by atoms with Gasteiger partial charge < -0.3 is 10.4 Å². The fourth-order valence-electron chi connectivity index (χ4n) is 2.00. The zero-order valence-corrected chi connectivity index (χ0v) is 11.0. The predicted molar refractivity (Wildman–Crippen MR) is 75.0 cm³/mol. The molecule has 98 valence electrons. The molecule has 0 radical (unpaired) electrons. The number of anilines is 2. The molecular weight excluding hydrogens is 240 g/mol. The van der Waals surface area contributed by atoms with E-state index in [0.29, 0.717) is 5.82 Å². The lowest BCUT2D eigenvalue weighted by Crippen LogP contribution is -2.06. The number of hydrogen-bond donors (Lipinski definition) is 2. The first kappa shape index (κ1) is 13.1. The lowest BCUT2D eigenvalue weighted by atomic mass is 10.1. The Labute approximate surface area is 112 Å². The van der Waals surface area contributed by atoms with E-state index >= 15 is 0 Å². The van der Waals surface area contributed by atoms with Gasteiger partial charge in [-0.05, 0) is 36.6 Å². The first-order chi connectivity index (χ1) is 9.13. The predicted octanol–water partition coefficient (Wildman–Crippen LogP) is 3.39. The Kier molecular flexibility index (Phi) is 3.80. The second kappa shape index (κ2) is 5.52. The Hall–Kier alpha value is -2.36. The van der Waals surface area contributed by atoms with E-state index in [1.807, 2.05) is 25.1 Å². The maximum absolute atomic E-state index is 11.2. The Morgan fingerprint density at radius 3 is 2.79 bits per heavy atom. The molecule has 0 amide bonds. The van der Waals surface area contributed by atoms with E-state index in [0.717, 1.165) is 23.2 Å². The van der Waals surface area contributed by atoms with Crippen molar-refractivity contribution in [2.75, 3.05) is 5.32 Å². The van der Waals surface area contributed by atoms with Gasteiger partial charge in [-0.15, -0.1) is 0 Å². The minimum absolute atomic E-state index is 0.174. The fourth-order valence-corrected chi connectivity index (χ4v) is 2.00. The van der Waals surface area contributed by atoms with Crippen molar-refractivity contribution in [2.24, 2.45) is 0 Å². The standard InChI is InChI=1S/C15H16N2O2/c1-3-11-7-4-6-10(2)13(11)17-14-12(15(18)19)8-5-9-16-14/h4-9H,3H2,1-2H3,(H,16,17)(H,18,19). The Balaban J connectivity index is 2.45. The van der Waals surface area contributed by atoms with Crippen molar-refractivity contribution in [2.45, 2.75) is 20.3 Å². The minimum atomic E-state index is -0.984. The zero-order chi connectivity index (χ0) is 13.8. The van der Waals surface area contributed by atoms with Crippen molar-refractivity contribution in [3.05, 3.63) is 53.2 Å². The zero-order valence-electron chi connectivity index (χ0n) is 11.0. The molecule has 0 aliphatic rings. The van der Waals surface area contributed by atoms with E-state index in [1.165, 1.54) is 0 Å². The van der Waals surface area contributed by atoms with Crippen molar-refractivity contribution in [3.63, 3.8) is 0 Å². The quantitative estimate of drug-likeness (QED) is 0.880. The normalized spacial score (nSPS) is 10.2. The minimum Gasteiger partial charge on any atom is -0.478 e. The van der Waals surface area contributed by atoms with Gasteiger partial charge >= 0.3 is 5.97 Å². The molecule has 0 saturated carbocycles. The van der Waals surface area contributed by atoms with E-state index < -0.39 is 5.97 Å². The number of carboxylic acid groups (broad SMARTS) is 1. The first-order valence-corrected chi connectivity index (χ1v) is 6.17. The molecule has 4 heteroatoms. The Morgan fingerprint density at radius 2 is 2.11 bits per heavy atom. The average Bonchev–Trinajstić information content (AvgIpc) is 2.41. The summed E-state index contributed by atoms with van der Waals surface area (Å²) in [6.45, 7) is 4.06. The van der Waals surface area contributed by atoms with Crippen LogP contribution in [0.25, 0.3) is 0 Å². The molecule has 2 N–H and O–H groups in total. The summed E-state index contributed by atoms with van der Waals surface area (Å²) in [4.78, 5) is 15.3. The molecule has 0 spiro atoms. The van der Waals surface area contributed by atoms with Crippen LogP contribution in [0.15, 0.2) is 36.5 Å². The molecule has 0 unspecified atom stereocenters. The van der Waals surface area contributed by atoms with Gasteiger partial charge in [-0.1, -0.05) is 25.1 Å². The SMILES string of the molecule is CCc1cccc(C)c1Nc1ncccc1C(=O)O. The summed E-state index contributed by atoms with van der Waals surface area (Å²) in [7, 11) is 0. The Bertz CT molecular complexity index is 609. The van der Waals surface area contributed by atoms with Gasteiger partial charge in [-0.3, -0.25) is 0 Å². The lowest BCUT2D eigenvalue weighted by Gasteiger charge is -2.14. The van der Waals surface area contributed by atoms with Gasteiger partial charge in [0, 0.05) is 11.9 Å². The van der Waals surface area contributed by atoms with Gasteiger partial charge in [0.05, 0.1) is 0 Å². The lowest BCUT2D eigenvalue weighted by molar-refractivity contribution is 0.0697. The third-order valence-corrected chi connectivity index (χ3v) is 3.02. The van der Waals surface area contributed by atoms with E-state index in [1.54, 1.807) is 18.3 Å². The number of rotatable bonds is 4. The highest BCUT2D eigenvalue weighted by Crippen LogP contribution is 2.26. The molecule has 0 atom stereocenters. The van der Waals surface area contributed by atoms with Gasteiger partial charge in [0.2, 0.25) is 0 Å². The molecule has 0 saturated heterocycles. The molecule has 19 heavy (non-hydrogen) atoms. The third-order valence-electron chi connectivity index (χ3n) is 3.02. The van der Waals surface area contributed by atoms with E-state index in [9.17, 15) is 4.79 Å². The Morgan fingerprint density at radius 1 is 1.32 bits per heavy atom. The smallest absolute Gasteiger partial charge is 0.339 e. The van der Waals surface area contributed by atoms with E-state index in [-0.39, 0.29) is 5.56 Å². The van der Waals surface area contributed by atoms with Crippen molar-refractivity contribution < 1.29 is 9.90 Å². The molecule has 0 aliphatic carbocycles. The summed E-state index contributed by atoms with van der Waals surface area (Å²) < 4.78 is 0. The highest BCUT2D eigenvalue weighted by molar-refractivity contribution is 5.94. The summed E-state index contributed by atoms with van der Waals surface area (Å²) >= 11 is 0. The average molecular weight is 256 g/mol. The molecule has 0 fully saturated rings. The molecule has 1 heterocycles. The monoisotopic (exact) mass is 256 g/mol. The number of aryl methyl sites for hydroxylation is 2. The molecule has 1 aromatic carbocycles. The maximum Gasteiger partial charge on any atom is 0.339 e. The second-order valence-electron chi connectivity index (χ2n) is 4.29. The van der Waals surface area contributed by atoms with Crippen LogP contribution in [-0.4, -0.2) is 16.1 Å².